The van der Waals surface area contributed by atoms with E-state index in [2.05, 4.69) is 15.6 Å². The summed E-state index contributed by atoms with van der Waals surface area (Å²) in [5.74, 6) is 0. The van der Waals surface area contributed by atoms with Crippen molar-refractivity contribution in [1.29, 1.82) is 0 Å². The van der Waals surface area contributed by atoms with Gasteiger partial charge in [0.25, 0.3) is 0 Å². The van der Waals surface area contributed by atoms with Gasteiger partial charge in [-0.2, -0.15) is 0 Å². The van der Waals surface area contributed by atoms with Gasteiger partial charge in [0.2, 0.25) is 0 Å². The highest BCUT2D eigenvalue weighted by Crippen LogP contribution is 2.22. The van der Waals surface area contributed by atoms with Crippen LogP contribution in [0.1, 0.15) is 0 Å². The van der Waals surface area contributed by atoms with Gasteiger partial charge in [0, 0.05) is 34.4 Å². The van der Waals surface area contributed by atoms with Gasteiger partial charge in [-0.05, 0) is 48.5 Å². The molecule has 2 heterocycles. The molecule has 0 fully saturated rings. The third-order valence-corrected chi connectivity index (χ3v) is 4.13. The zero-order chi connectivity index (χ0) is 17.9. The predicted molar refractivity (Wildman–Crippen MR) is 105 cm³/mol. The fraction of sp³-hybridized carbons (Fsp3) is 0. The van der Waals surface area contributed by atoms with E-state index in [0.29, 0.717) is 16.4 Å². The van der Waals surface area contributed by atoms with Gasteiger partial charge in [-0.25, -0.2) is 9.78 Å². The Morgan fingerprint density at radius 1 is 0.923 bits per heavy atom. The highest BCUT2D eigenvalue weighted by Gasteiger charge is 2.07. The average Bonchev–Trinajstić information content (AvgIpc) is 3.08. The SMILES string of the molecule is O=C(Nc1ccc(Cl)cc1)Nc1cccc(-c2cn3ccccc3n2)c1. The molecule has 0 unspecified atom stereocenters. The van der Waals surface area contributed by atoms with Gasteiger partial charge >= 0.3 is 6.03 Å². The molecule has 26 heavy (non-hydrogen) atoms. The maximum Gasteiger partial charge on any atom is 0.323 e. The van der Waals surface area contributed by atoms with Gasteiger partial charge in [-0.3, -0.25) is 0 Å². The molecule has 5 nitrogen and oxygen atoms in total. The zero-order valence-electron chi connectivity index (χ0n) is 13.7. The Morgan fingerprint density at radius 3 is 2.54 bits per heavy atom. The monoisotopic (exact) mass is 362 g/mol. The summed E-state index contributed by atoms with van der Waals surface area (Å²) in [6, 6.07) is 20.0. The van der Waals surface area contributed by atoms with E-state index in [-0.39, 0.29) is 6.03 Å². The molecule has 0 saturated heterocycles. The number of imidazole rings is 1. The summed E-state index contributed by atoms with van der Waals surface area (Å²) in [5.41, 5.74) is 4.01. The van der Waals surface area contributed by atoms with Crippen molar-refractivity contribution in [2.24, 2.45) is 0 Å². The molecule has 0 atom stereocenters. The summed E-state index contributed by atoms with van der Waals surface area (Å²) in [6.45, 7) is 0. The molecule has 0 radical (unpaired) electrons. The third-order valence-electron chi connectivity index (χ3n) is 3.88. The van der Waals surface area contributed by atoms with Crippen molar-refractivity contribution in [3.63, 3.8) is 0 Å². The largest absolute Gasteiger partial charge is 0.323 e. The number of nitrogens with one attached hydrogen (secondary N) is 2. The predicted octanol–water partition coefficient (Wildman–Crippen LogP) is 5.30. The molecule has 4 rings (SSSR count). The molecule has 4 aromatic rings. The lowest BCUT2D eigenvalue weighted by molar-refractivity contribution is 0.262. The fourth-order valence-electron chi connectivity index (χ4n) is 2.66. The fourth-order valence-corrected chi connectivity index (χ4v) is 2.78. The summed E-state index contributed by atoms with van der Waals surface area (Å²) in [5, 5.41) is 6.22. The van der Waals surface area contributed by atoms with Crippen LogP contribution in [-0.2, 0) is 0 Å². The summed E-state index contributed by atoms with van der Waals surface area (Å²) >= 11 is 5.85. The molecule has 2 aromatic carbocycles. The Hall–Kier alpha value is -3.31. The van der Waals surface area contributed by atoms with Crippen LogP contribution >= 0.6 is 11.6 Å². The maximum absolute atomic E-state index is 12.2. The minimum atomic E-state index is -0.320. The van der Waals surface area contributed by atoms with Crippen LogP contribution in [0, 0.1) is 0 Å². The van der Waals surface area contributed by atoms with Gasteiger partial charge < -0.3 is 15.0 Å². The molecule has 0 aliphatic heterocycles. The van der Waals surface area contributed by atoms with Gasteiger partial charge in [0.1, 0.15) is 5.65 Å². The van der Waals surface area contributed by atoms with Crippen LogP contribution in [0.25, 0.3) is 16.9 Å². The number of benzene rings is 2. The Labute approximate surface area is 155 Å². The number of urea groups is 1. The van der Waals surface area contributed by atoms with Crippen LogP contribution in [-0.4, -0.2) is 15.4 Å². The van der Waals surface area contributed by atoms with E-state index in [1.54, 1.807) is 24.3 Å². The maximum atomic E-state index is 12.2. The smallest absolute Gasteiger partial charge is 0.308 e. The normalized spacial score (nSPS) is 10.7. The average molecular weight is 363 g/mol. The lowest BCUT2D eigenvalue weighted by Crippen LogP contribution is -2.19. The number of hydrogen-bond acceptors (Lipinski definition) is 2. The van der Waals surface area contributed by atoms with Crippen LogP contribution in [0.3, 0.4) is 0 Å². The van der Waals surface area contributed by atoms with Crippen LogP contribution in [0.15, 0.2) is 79.1 Å². The molecule has 0 saturated carbocycles. The van der Waals surface area contributed by atoms with Gasteiger partial charge in [0.15, 0.2) is 0 Å². The van der Waals surface area contributed by atoms with Crippen molar-refractivity contribution >= 4 is 34.7 Å². The number of anilines is 2. The van der Waals surface area contributed by atoms with Gasteiger partial charge in [-0.1, -0.05) is 29.8 Å². The number of halogens is 1. The first-order chi connectivity index (χ1) is 12.7. The second-order valence-electron chi connectivity index (χ2n) is 5.76. The van der Waals surface area contributed by atoms with Crippen LogP contribution in [0.4, 0.5) is 16.2 Å². The summed E-state index contributed by atoms with van der Waals surface area (Å²) in [6.07, 6.45) is 3.91. The first-order valence-corrected chi connectivity index (χ1v) is 8.43. The zero-order valence-corrected chi connectivity index (χ0v) is 14.4. The Kier molecular flexibility index (Phi) is 4.29. The lowest BCUT2D eigenvalue weighted by atomic mass is 10.1. The van der Waals surface area contributed by atoms with E-state index in [1.165, 1.54) is 0 Å². The van der Waals surface area contributed by atoms with Crippen molar-refractivity contribution < 1.29 is 4.79 Å². The first-order valence-electron chi connectivity index (χ1n) is 8.05. The standard InChI is InChI=1S/C20H15ClN4O/c21-15-7-9-16(10-8-15)22-20(26)23-17-5-3-4-14(12-17)18-13-25-11-2-1-6-19(25)24-18/h1-13H,(H2,22,23,26). The lowest BCUT2D eigenvalue weighted by Gasteiger charge is -2.08. The van der Waals surface area contributed by atoms with Crippen molar-refractivity contribution in [2.75, 3.05) is 10.6 Å². The van der Waals surface area contributed by atoms with Crippen LogP contribution in [0.2, 0.25) is 5.02 Å². The van der Waals surface area contributed by atoms with Gasteiger partial charge in [0.05, 0.1) is 5.69 Å². The highest BCUT2D eigenvalue weighted by atomic mass is 35.5. The quantitative estimate of drug-likeness (QED) is 0.519. The van der Waals surface area contributed by atoms with E-state index < -0.39 is 0 Å². The number of carbonyl (C=O) groups excluding carboxylic acids is 1. The molecular weight excluding hydrogens is 348 g/mol. The van der Waals surface area contributed by atoms with Crippen LogP contribution < -0.4 is 10.6 Å². The topological polar surface area (TPSA) is 58.4 Å². The van der Waals surface area contributed by atoms with Crippen molar-refractivity contribution in [1.82, 2.24) is 9.38 Å². The van der Waals surface area contributed by atoms with Crippen molar-refractivity contribution in [2.45, 2.75) is 0 Å². The molecule has 128 valence electrons. The number of pyridine rings is 1. The minimum Gasteiger partial charge on any atom is -0.308 e. The first kappa shape index (κ1) is 16.2. The Balaban J connectivity index is 1.51. The third kappa shape index (κ3) is 3.53. The number of nitrogens with zero attached hydrogens (tertiary/aromatic N) is 2. The summed E-state index contributed by atoms with van der Waals surface area (Å²) in [4.78, 5) is 16.8. The molecule has 0 spiro atoms. The molecule has 2 amide bonds. The molecule has 0 aliphatic carbocycles. The summed E-state index contributed by atoms with van der Waals surface area (Å²) < 4.78 is 1.96. The number of carbonyl (C=O) groups is 1. The molecule has 2 N–H and O–H groups in total. The second-order valence-corrected chi connectivity index (χ2v) is 6.20. The number of aromatic nitrogens is 2. The highest BCUT2D eigenvalue weighted by molar-refractivity contribution is 6.30. The number of fused-ring (bicyclic) bond motifs is 1. The van der Waals surface area contributed by atoms with Crippen LogP contribution in [0.5, 0.6) is 0 Å². The molecule has 0 aliphatic rings. The molecule has 6 heteroatoms. The van der Waals surface area contributed by atoms with Crippen molar-refractivity contribution in [3.8, 4) is 11.3 Å². The second kappa shape index (κ2) is 6.90. The molecule has 2 aromatic heterocycles. The van der Waals surface area contributed by atoms with E-state index in [9.17, 15) is 4.79 Å². The summed E-state index contributed by atoms with van der Waals surface area (Å²) in [7, 11) is 0. The Bertz CT molecular complexity index is 1040. The van der Waals surface area contributed by atoms with E-state index in [4.69, 9.17) is 11.6 Å². The van der Waals surface area contributed by atoms with E-state index in [0.717, 1.165) is 16.9 Å². The minimum absolute atomic E-state index is 0.320. The van der Waals surface area contributed by atoms with Crippen molar-refractivity contribution in [3.05, 3.63) is 84.1 Å². The number of amides is 2. The molecular formula is C20H15ClN4O. The van der Waals surface area contributed by atoms with Gasteiger partial charge in [-0.15, -0.1) is 0 Å². The Morgan fingerprint density at radius 2 is 1.73 bits per heavy atom. The van der Waals surface area contributed by atoms with E-state index in [1.807, 2.05) is 59.3 Å². The number of rotatable bonds is 3. The van der Waals surface area contributed by atoms with E-state index >= 15 is 0 Å². The molecule has 0 bridgehead atoms. The number of hydrogen-bond donors (Lipinski definition) is 2.